The first kappa shape index (κ1) is 23.6. The summed E-state index contributed by atoms with van der Waals surface area (Å²) >= 11 is 0. The Kier molecular flexibility index (Phi) is 9.35. The van der Waals surface area contributed by atoms with Crippen LogP contribution >= 0.6 is 24.0 Å². The molecule has 0 bridgehead atoms. The molecule has 0 aliphatic carbocycles. The van der Waals surface area contributed by atoms with Gasteiger partial charge in [-0.05, 0) is 37.0 Å². The average molecular weight is 515 g/mol. The first-order valence-electron chi connectivity index (χ1n) is 9.91. The third-order valence-corrected chi connectivity index (χ3v) is 5.39. The van der Waals surface area contributed by atoms with Gasteiger partial charge in [0.2, 0.25) is 0 Å². The summed E-state index contributed by atoms with van der Waals surface area (Å²) in [7, 11) is 1.66. The van der Waals surface area contributed by atoms with Crippen molar-refractivity contribution in [2.45, 2.75) is 32.4 Å². The van der Waals surface area contributed by atoms with Gasteiger partial charge in [-0.1, -0.05) is 19.1 Å². The fourth-order valence-corrected chi connectivity index (χ4v) is 3.68. The summed E-state index contributed by atoms with van der Waals surface area (Å²) in [4.78, 5) is 11.4. The SMILES string of the molecule is CCNC(=NCC(OC)c1ccc(F)cc1)N1CCC(C)C(n2ccnc2)C1.I. The molecule has 29 heavy (non-hydrogen) atoms. The molecule has 3 rings (SSSR count). The number of nitrogens with zero attached hydrogens (tertiary/aromatic N) is 4. The molecule has 1 fully saturated rings. The van der Waals surface area contributed by atoms with E-state index in [9.17, 15) is 4.39 Å². The van der Waals surface area contributed by atoms with Gasteiger partial charge < -0.3 is 19.5 Å². The molecule has 160 valence electrons. The lowest BCUT2D eigenvalue weighted by Gasteiger charge is -2.39. The normalized spacial score (nSPS) is 20.8. The molecule has 2 heterocycles. The fraction of sp³-hybridized carbons (Fsp3) is 0.524. The lowest BCUT2D eigenvalue weighted by molar-refractivity contribution is 0.110. The van der Waals surface area contributed by atoms with E-state index in [0.29, 0.717) is 18.5 Å². The van der Waals surface area contributed by atoms with Gasteiger partial charge in [-0.3, -0.25) is 4.99 Å². The average Bonchev–Trinajstić information content (AvgIpc) is 3.24. The van der Waals surface area contributed by atoms with Crippen LogP contribution in [0.15, 0.2) is 48.0 Å². The standard InChI is InChI=1S/C21H30FN5O.HI/c1-4-24-21(25-13-20(28-3)17-5-7-18(22)8-6-17)26-11-9-16(2)19(14-26)27-12-10-23-15-27;/h5-8,10,12,15-16,19-20H,4,9,11,13-14H2,1-3H3,(H,24,25);1H. The molecule has 0 saturated carbocycles. The number of aromatic nitrogens is 2. The van der Waals surface area contributed by atoms with Crippen molar-refractivity contribution < 1.29 is 9.13 Å². The highest BCUT2D eigenvalue weighted by Crippen LogP contribution is 2.27. The van der Waals surface area contributed by atoms with Crippen LogP contribution in [0.25, 0.3) is 0 Å². The lowest BCUT2D eigenvalue weighted by atomic mass is 9.93. The first-order valence-corrected chi connectivity index (χ1v) is 9.91. The first-order chi connectivity index (χ1) is 13.6. The van der Waals surface area contributed by atoms with Gasteiger partial charge in [0, 0.05) is 39.1 Å². The second kappa shape index (κ2) is 11.5. The van der Waals surface area contributed by atoms with Gasteiger partial charge in [-0.15, -0.1) is 24.0 Å². The van der Waals surface area contributed by atoms with Crippen LogP contribution in [0, 0.1) is 11.7 Å². The molecule has 1 aliphatic rings. The Morgan fingerprint density at radius 1 is 1.38 bits per heavy atom. The van der Waals surface area contributed by atoms with Crippen LogP contribution in [0.3, 0.4) is 0 Å². The lowest BCUT2D eigenvalue weighted by Crippen LogP contribution is -2.49. The largest absolute Gasteiger partial charge is 0.375 e. The summed E-state index contributed by atoms with van der Waals surface area (Å²) in [5.41, 5.74) is 0.923. The Bertz CT molecular complexity index is 753. The van der Waals surface area contributed by atoms with E-state index in [1.165, 1.54) is 12.1 Å². The number of hydrogen-bond acceptors (Lipinski definition) is 3. The van der Waals surface area contributed by atoms with Gasteiger partial charge >= 0.3 is 0 Å². The van der Waals surface area contributed by atoms with Crippen LogP contribution in [0.5, 0.6) is 0 Å². The zero-order chi connectivity index (χ0) is 19.9. The summed E-state index contributed by atoms with van der Waals surface area (Å²) in [5.74, 6) is 1.23. The fourth-order valence-electron chi connectivity index (χ4n) is 3.68. The quantitative estimate of drug-likeness (QED) is 0.361. The minimum atomic E-state index is -0.247. The summed E-state index contributed by atoms with van der Waals surface area (Å²) in [6.45, 7) is 7.50. The highest BCUT2D eigenvalue weighted by atomic mass is 127. The van der Waals surface area contributed by atoms with Crippen LogP contribution in [-0.4, -0.2) is 53.7 Å². The highest BCUT2D eigenvalue weighted by Gasteiger charge is 2.29. The van der Waals surface area contributed by atoms with Crippen LogP contribution in [0.2, 0.25) is 0 Å². The van der Waals surface area contributed by atoms with E-state index >= 15 is 0 Å². The van der Waals surface area contributed by atoms with Crippen molar-refractivity contribution in [3.05, 3.63) is 54.4 Å². The van der Waals surface area contributed by atoms with Gasteiger partial charge in [0.05, 0.1) is 18.9 Å². The number of nitrogens with one attached hydrogen (secondary N) is 1. The number of aliphatic imine (C=N–C) groups is 1. The number of methoxy groups -OCH3 is 1. The van der Waals surface area contributed by atoms with E-state index in [4.69, 9.17) is 9.73 Å². The molecule has 6 nitrogen and oxygen atoms in total. The van der Waals surface area contributed by atoms with Crippen LogP contribution in [0.1, 0.15) is 38.0 Å². The molecule has 0 radical (unpaired) electrons. The van der Waals surface area contributed by atoms with Crippen molar-refractivity contribution in [1.82, 2.24) is 19.8 Å². The van der Waals surface area contributed by atoms with Crippen molar-refractivity contribution in [2.24, 2.45) is 10.9 Å². The number of imidazole rings is 1. The Morgan fingerprint density at radius 2 is 2.14 bits per heavy atom. The van der Waals surface area contributed by atoms with E-state index in [0.717, 1.165) is 37.6 Å². The van der Waals surface area contributed by atoms with Gasteiger partial charge in [0.15, 0.2) is 5.96 Å². The number of ether oxygens (including phenoxy) is 1. The zero-order valence-corrected chi connectivity index (χ0v) is 19.6. The second-order valence-electron chi connectivity index (χ2n) is 7.26. The molecule has 1 aromatic heterocycles. The van der Waals surface area contributed by atoms with Crippen molar-refractivity contribution >= 4 is 29.9 Å². The second-order valence-corrected chi connectivity index (χ2v) is 7.26. The summed E-state index contributed by atoms with van der Waals surface area (Å²) < 4.78 is 21.0. The molecule has 0 spiro atoms. The number of rotatable bonds is 6. The topological polar surface area (TPSA) is 54.7 Å². The summed E-state index contributed by atoms with van der Waals surface area (Å²) in [6, 6.07) is 6.79. The molecule has 1 aliphatic heterocycles. The van der Waals surface area contributed by atoms with Gasteiger partial charge in [-0.25, -0.2) is 9.37 Å². The molecular formula is C21H31FIN5O. The van der Waals surface area contributed by atoms with Crippen LogP contribution < -0.4 is 5.32 Å². The molecule has 1 N–H and O–H groups in total. The molecule has 8 heteroatoms. The van der Waals surface area contributed by atoms with Gasteiger partial charge in [0.1, 0.15) is 11.9 Å². The van der Waals surface area contributed by atoms with E-state index in [-0.39, 0.29) is 35.9 Å². The number of likely N-dealkylation sites (tertiary alicyclic amines) is 1. The minimum Gasteiger partial charge on any atom is -0.375 e. The molecule has 0 amide bonds. The minimum absolute atomic E-state index is 0. The van der Waals surface area contributed by atoms with Gasteiger partial charge in [0.25, 0.3) is 0 Å². The molecule has 3 atom stereocenters. The van der Waals surface area contributed by atoms with Crippen molar-refractivity contribution in [1.29, 1.82) is 0 Å². The van der Waals surface area contributed by atoms with Crippen LogP contribution in [0.4, 0.5) is 4.39 Å². The van der Waals surface area contributed by atoms with Crippen LogP contribution in [-0.2, 0) is 4.74 Å². The smallest absolute Gasteiger partial charge is 0.194 e. The highest BCUT2D eigenvalue weighted by molar-refractivity contribution is 14.0. The van der Waals surface area contributed by atoms with E-state index < -0.39 is 0 Å². The maximum atomic E-state index is 13.2. The molecule has 2 aromatic rings. The maximum Gasteiger partial charge on any atom is 0.194 e. The molecule has 1 aromatic carbocycles. The molecule has 3 unspecified atom stereocenters. The van der Waals surface area contributed by atoms with Gasteiger partial charge in [-0.2, -0.15) is 0 Å². The Balaban J connectivity index is 0.00000300. The predicted octanol–water partition coefficient (Wildman–Crippen LogP) is 3.88. The van der Waals surface area contributed by atoms with Crippen molar-refractivity contribution in [2.75, 3.05) is 33.3 Å². The Morgan fingerprint density at radius 3 is 2.76 bits per heavy atom. The molecule has 1 saturated heterocycles. The molecular weight excluding hydrogens is 484 g/mol. The van der Waals surface area contributed by atoms with E-state index in [1.54, 1.807) is 19.2 Å². The number of benzene rings is 1. The number of hydrogen-bond donors (Lipinski definition) is 1. The van der Waals surface area contributed by atoms with Crippen molar-refractivity contribution in [3.8, 4) is 0 Å². The number of piperidine rings is 1. The zero-order valence-electron chi connectivity index (χ0n) is 17.3. The third kappa shape index (κ3) is 6.15. The third-order valence-electron chi connectivity index (χ3n) is 5.39. The Labute approximate surface area is 189 Å². The summed E-state index contributed by atoms with van der Waals surface area (Å²) in [5, 5.41) is 3.41. The summed E-state index contributed by atoms with van der Waals surface area (Å²) in [6.07, 6.45) is 6.65. The monoisotopic (exact) mass is 515 g/mol. The number of guanidine groups is 1. The predicted molar refractivity (Wildman–Crippen MR) is 124 cm³/mol. The maximum absolute atomic E-state index is 13.2. The van der Waals surface area contributed by atoms with E-state index in [2.05, 4.69) is 33.6 Å². The number of halogens is 2. The Hall–Kier alpha value is -1.68. The van der Waals surface area contributed by atoms with E-state index in [1.807, 2.05) is 18.7 Å². The van der Waals surface area contributed by atoms with Crippen molar-refractivity contribution in [3.63, 3.8) is 0 Å².